The van der Waals surface area contributed by atoms with Gasteiger partial charge in [-0.1, -0.05) is 35.9 Å². The number of carbonyl (C=O) groups excluding carboxylic acids is 4. The van der Waals surface area contributed by atoms with Crippen molar-refractivity contribution in [2.75, 3.05) is 23.9 Å². The number of hydrogen-bond acceptors (Lipinski definition) is 6. The van der Waals surface area contributed by atoms with Crippen molar-refractivity contribution >= 4 is 68.7 Å². The first-order chi connectivity index (χ1) is 18.2. The third-order valence-electron chi connectivity index (χ3n) is 5.48. The molecule has 0 bridgehead atoms. The van der Waals surface area contributed by atoms with Gasteiger partial charge in [0.1, 0.15) is 5.57 Å². The monoisotopic (exact) mass is 597 g/mol. The minimum absolute atomic E-state index is 0.243. The minimum Gasteiger partial charge on any atom is -0.493 e. The number of ether oxygens (including phenoxy) is 2. The second kappa shape index (κ2) is 11.5. The number of benzene rings is 3. The summed E-state index contributed by atoms with van der Waals surface area (Å²) in [6.07, 6.45) is 1.34. The summed E-state index contributed by atoms with van der Waals surface area (Å²) in [7, 11) is 1.41. The summed E-state index contributed by atoms with van der Waals surface area (Å²) in [5.74, 6) is -1.52. The summed E-state index contributed by atoms with van der Waals surface area (Å²) in [4.78, 5) is 51.2. The fourth-order valence-electron chi connectivity index (χ4n) is 3.60. The van der Waals surface area contributed by atoms with Gasteiger partial charge in [0.2, 0.25) is 0 Å². The molecule has 0 spiro atoms. The Bertz CT molecular complexity index is 1480. The van der Waals surface area contributed by atoms with Crippen molar-refractivity contribution in [1.82, 2.24) is 5.32 Å². The Labute approximate surface area is 231 Å². The maximum absolute atomic E-state index is 13.1. The van der Waals surface area contributed by atoms with Crippen molar-refractivity contribution in [1.29, 1.82) is 0 Å². The van der Waals surface area contributed by atoms with E-state index in [4.69, 9.17) is 21.1 Å². The molecule has 11 heteroatoms. The molecule has 1 aliphatic rings. The lowest BCUT2D eigenvalue weighted by molar-refractivity contribution is -0.122. The number of rotatable bonds is 7. The molecule has 0 saturated carbocycles. The third-order valence-corrected chi connectivity index (χ3v) is 6.48. The molecule has 1 heterocycles. The Hall–Kier alpha value is -4.15. The molecule has 5 amide bonds. The number of halogens is 2. The van der Waals surface area contributed by atoms with Crippen molar-refractivity contribution < 1.29 is 28.7 Å². The maximum atomic E-state index is 13.1. The number of hydrogen-bond donors (Lipinski definition) is 2. The van der Waals surface area contributed by atoms with Gasteiger partial charge in [-0.2, -0.15) is 0 Å². The molecule has 3 aromatic carbocycles. The first-order valence-electron chi connectivity index (χ1n) is 11.2. The predicted octanol–water partition coefficient (Wildman–Crippen LogP) is 5.10. The number of aryl methyl sites for hydroxylation is 1. The number of urea groups is 1. The van der Waals surface area contributed by atoms with Crippen LogP contribution in [-0.2, 0) is 14.4 Å². The topological polar surface area (TPSA) is 114 Å². The summed E-state index contributed by atoms with van der Waals surface area (Å²) in [6, 6.07) is 15.7. The molecule has 0 unspecified atom stereocenters. The van der Waals surface area contributed by atoms with E-state index in [1.54, 1.807) is 54.6 Å². The molecule has 0 atom stereocenters. The molecule has 2 N–H and O–H groups in total. The van der Waals surface area contributed by atoms with Crippen LogP contribution >= 0.6 is 27.5 Å². The summed E-state index contributed by atoms with van der Waals surface area (Å²) in [5.41, 5.74) is 1.91. The van der Waals surface area contributed by atoms with E-state index in [1.807, 2.05) is 6.92 Å². The van der Waals surface area contributed by atoms with Gasteiger partial charge in [-0.25, -0.2) is 9.69 Å². The Kier molecular flexibility index (Phi) is 8.13. The highest BCUT2D eigenvalue weighted by molar-refractivity contribution is 9.10. The number of carbonyl (C=O) groups is 4. The summed E-state index contributed by atoms with van der Waals surface area (Å²) < 4.78 is 11.5. The molecule has 1 fully saturated rings. The van der Waals surface area contributed by atoms with E-state index in [0.717, 1.165) is 10.5 Å². The number of imide groups is 2. The number of barbiturate groups is 1. The van der Waals surface area contributed by atoms with Crippen LogP contribution in [-0.4, -0.2) is 37.5 Å². The number of methoxy groups -OCH3 is 1. The van der Waals surface area contributed by atoms with Crippen molar-refractivity contribution in [3.8, 4) is 11.5 Å². The summed E-state index contributed by atoms with van der Waals surface area (Å²) in [5, 5.41) is 5.41. The van der Waals surface area contributed by atoms with Crippen LogP contribution in [0.1, 0.15) is 11.1 Å². The standard InChI is InChI=1S/C27H21BrClN3O6/c1-15-8-9-17(13-21(15)29)30-23(33)14-38-24-20(28)11-16(12-22(24)37-2)10-19-25(34)31-27(36)32(26(19)35)18-6-4-3-5-7-18/h3-13H,14H2,1-2H3,(H,30,33)(H,31,34,36)/b19-10-. The number of amides is 5. The van der Waals surface area contributed by atoms with Crippen molar-refractivity contribution in [2.45, 2.75) is 6.92 Å². The molecule has 9 nitrogen and oxygen atoms in total. The van der Waals surface area contributed by atoms with Gasteiger partial charge in [0.25, 0.3) is 17.7 Å². The Morgan fingerprint density at radius 2 is 1.84 bits per heavy atom. The second-order valence-electron chi connectivity index (χ2n) is 8.13. The Morgan fingerprint density at radius 1 is 1.11 bits per heavy atom. The molecule has 4 rings (SSSR count). The average molecular weight is 599 g/mol. The van der Waals surface area contributed by atoms with E-state index in [2.05, 4.69) is 26.6 Å². The molecule has 0 aromatic heterocycles. The van der Waals surface area contributed by atoms with Crippen molar-refractivity contribution in [3.63, 3.8) is 0 Å². The number of nitrogens with zero attached hydrogens (tertiary/aromatic N) is 1. The lowest BCUT2D eigenvalue weighted by atomic mass is 10.1. The van der Waals surface area contributed by atoms with Crippen LogP contribution in [0.3, 0.4) is 0 Å². The predicted molar refractivity (Wildman–Crippen MR) is 146 cm³/mol. The van der Waals surface area contributed by atoms with Crippen LogP contribution < -0.4 is 25.0 Å². The van der Waals surface area contributed by atoms with Gasteiger partial charge in [0, 0.05) is 10.7 Å². The largest absolute Gasteiger partial charge is 0.493 e. The zero-order chi connectivity index (χ0) is 27.4. The van der Waals surface area contributed by atoms with Gasteiger partial charge >= 0.3 is 6.03 Å². The highest BCUT2D eigenvalue weighted by Gasteiger charge is 2.36. The molecule has 0 radical (unpaired) electrons. The molecule has 194 valence electrons. The number of anilines is 2. The molecule has 0 aliphatic carbocycles. The summed E-state index contributed by atoms with van der Waals surface area (Å²) >= 11 is 9.50. The van der Waals surface area contributed by atoms with Crippen molar-refractivity contribution in [2.24, 2.45) is 0 Å². The third kappa shape index (κ3) is 5.87. The van der Waals surface area contributed by atoms with E-state index >= 15 is 0 Å². The van der Waals surface area contributed by atoms with E-state index in [9.17, 15) is 19.2 Å². The molecular formula is C27H21BrClN3O6. The zero-order valence-corrected chi connectivity index (χ0v) is 22.6. The van der Waals surface area contributed by atoms with Gasteiger partial charge in [-0.15, -0.1) is 0 Å². The van der Waals surface area contributed by atoms with Crippen LogP contribution in [0, 0.1) is 6.92 Å². The zero-order valence-electron chi connectivity index (χ0n) is 20.2. The first-order valence-corrected chi connectivity index (χ1v) is 12.4. The highest BCUT2D eigenvalue weighted by atomic mass is 79.9. The van der Waals surface area contributed by atoms with Crippen LogP contribution in [0.25, 0.3) is 6.08 Å². The normalized spacial score (nSPS) is 14.4. The van der Waals surface area contributed by atoms with Gasteiger partial charge in [-0.05, 0) is 76.5 Å². The van der Waals surface area contributed by atoms with Crippen LogP contribution in [0.4, 0.5) is 16.2 Å². The second-order valence-corrected chi connectivity index (χ2v) is 9.39. The minimum atomic E-state index is -0.836. The maximum Gasteiger partial charge on any atom is 0.335 e. The fourth-order valence-corrected chi connectivity index (χ4v) is 4.36. The van der Waals surface area contributed by atoms with Crippen molar-refractivity contribution in [3.05, 3.63) is 86.9 Å². The smallest absolute Gasteiger partial charge is 0.335 e. The van der Waals surface area contributed by atoms with E-state index < -0.39 is 23.8 Å². The van der Waals surface area contributed by atoms with E-state index in [-0.39, 0.29) is 23.7 Å². The Balaban J connectivity index is 1.54. The number of nitrogens with one attached hydrogen (secondary N) is 2. The van der Waals surface area contributed by atoms with Gasteiger partial charge in [-0.3, -0.25) is 19.7 Å². The lowest BCUT2D eigenvalue weighted by Gasteiger charge is -2.26. The molecular weight excluding hydrogens is 578 g/mol. The van der Waals surface area contributed by atoms with Crippen LogP contribution in [0.15, 0.2) is 70.7 Å². The quantitative estimate of drug-likeness (QED) is 0.289. The first kappa shape index (κ1) is 26.9. The molecule has 1 aliphatic heterocycles. The molecule has 1 saturated heterocycles. The van der Waals surface area contributed by atoms with E-state index in [0.29, 0.717) is 26.4 Å². The van der Waals surface area contributed by atoms with Crippen LogP contribution in [0.5, 0.6) is 11.5 Å². The van der Waals surface area contributed by atoms with Crippen LogP contribution in [0.2, 0.25) is 5.02 Å². The number of para-hydroxylation sites is 1. The van der Waals surface area contributed by atoms with Gasteiger partial charge in [0.05, 0.1) is 17.3 Å². The SMILES string of the molecule is COc1cc(/C=C2/C(=O)NC(=O)N(c3ccccc3)C2=O)cc(Br)c1OCC(=O)Nc1ccc(C)c(Cl)c1. The van der Waals surface area contributed by atoms with Gasteiger partial charge in [0.15, 0.2) is 18.1 Å². The molecule has 3 aromatic rings. The highest BCUT2D eigenvalue weighted by Crippen LogP contribution is 2.37. The van der Waals surface area contributed by atoms with E-state index in [1.165, 1.54) is 19.3 Å². The Morgan fingerprint density at radius 3 is 2.53 bits per heavy atom. The average Bonchev–Trinajstić information content (AvgIpc) is 2.88. The molecule has 38 heavy (non-hydrogen) atoms. The summed E-state index contributed by atoms with van der Waals surface area (Å²) in [6.45, 7) is 1.53. The lowest BCUT2D eigenvalue weighted by Crippen LogP contribution is -2.54. The fraction of sp³-hybridized carbons (Fsp3) is 0.111. The van der Waals surface area contributed by atoms with Gasteiger partial charge < -0.3 is 14.8 Å².